The molecule has 1 aliphatic rings. The normalized spacial score (nSPS) is 20.4. The summed E-state index contributed by atoms with van der Waals surface area (Å²) in [7, 11) is 0. The maximum absolute atomic E-state index is 3.72. The molecular formula is C16H25N. The highest BCUT2D eigenvalue weighted by atomic mass is 14.9. The molecule has 0 amide bonds. The molecule has 0 spiro atoms. The molecule has 94 valence electrons. The molecular weight excluding hydrogens is 206 g/mol. The highest BCUT2D eigenvalue weighted by Crippen LogP contribution is 2.27. The Morgan fingerprint density at radius 3 is 2.41 bits per heavy atom. The fourth-order valence-electron chi connectivity index (χ4n) is 2.89. The van der Waals surface area contributed by atoms with Gasteiger partial charge in [0.15, 0.2) is 0 Å². The summed E-state index contributed by atoms with van der Waals surface area (Å²) in [5.74, 6) is 1.53. The Bertz CT molecular complexity index is 314. The third-order valence-electron chi connectivity index (χ3n) is 4.22. The number of benzene rings is 1. The Morgan fingerprint density at radius 2 is 1.76 bits per heavy atom. The lowest BCUT2D eigenvalue weighted by atomic mass is 9.97. The van der Waals surface area contributed by atoms with Crippen molar-refractivity contribution in [2.24, 2.45) is 5.92 Å². The Kier molecular flexibility index (Phi) is 4.61. The smallest absolute Gasteiger partial charge is 0.00672 e. The van der Waals surface area contributed by atoms with Gasteiger partial charge in [-0.15, -0.1) is 0 Å². The molecule has 1 N–H and O–H groups in total. The summed E-state index contributed by atoms with van der Waals surface area (Å²) < 4.78 is 0. The van der Waals surface area contributed by atoms with E-state index in [0.29, 0.717) is 12.0 Å². The maximum atomic E-state index is 3.72. The molecule has 0 heterocycles. The van der Waals surface area contributed by atoms with E-state index in [2.05, 4.69) is 49.5 Å². The minimum Gasteiger partial charge on any atom is -0.313 e. The van der Waals surface area contributed by atoms with Gasteiger partial charge in [-0.3, -0.25) is 0 Å². The molecule has 1 aromatic rings. The Labute approximate surface area is 106 Å². The molecule has 1 aliphatic carbocycles. The van der Waals surface area contributed by atoms with Crippen molar-refractivity contribution in [3.05, 3.63) is 35.9 Å². The fraction of sp³-hybridized carbons (Fsp3) is 0.625. The summed E-state index contributed by atoms with van der Waals surface area (Å²) in [6.45, 7) is 5.76. The Balaban J connectivity index is 1.77. The van der Waals surface area contributed by atoms with E-state index in [1.165, 1.54) is 31.2 Å². The van der Waals surface area contributed by atoms with Crippen molar-refractivity contribution in [2.45, 2.75) is 51.5 Å². The van der Waals surface area contributed by atoms with Gasteiger partial charge in [-0.25, -0.2) is 0 Å². The van der Waals surface area contributed by atoms with Crippen LogP contribution in [0.5, 0.6) is 0 Å². The minimum absolute atomic E-state index is 0.611. The van der Waals surface area contributed by atoms with Crippen molar-refractivity contribution < 1.29 is 0 Å². The van der Waals surface area contributed by atoms with Crippen LogP contribution in [0.3, 0.4) is 0 Å². The quantitative estimate of drug-likeness (QED) is 0.809. The van der Waals surface area contributed by atoms with E-state index in [1.807, 2.05) is 0 Å². The van der Waals surface area contributed by atoms with Gasteiger partial charge in [0, 0.05) is 12.6 Å². The Morgan fingerprint density at radius 1 is 1.12 bits per heavy atom. The zero-order valence-corrected chi connectivity index (χ0v) is 11.2. The molecule has 17 heavy (non-hydrogen) atoms. The summed E-state index contributed by atoms with van der Waals surface area (Å²) in [5, 5.41) is 3.72. The molecule has 0 bridgehead atoms. The molecule has 1 saturated carbocycles. The highest BCUT2D eigenvalue weighted by molar-refractivity contribution is 5.18. The summed E-state index contributed by atoms with van der Waals surface area (Å²) >= 11 is 0. The van der Waals surface area contributed by atoms with Crippen LogP contribution in [0, 0.1) is 5.92 Å². The van der Waals surface area contributed by atoms with Crippen LogP contribution in [0.1, 0.15) is 51.0 Å². The van der Waals surface area contributed by atoms with Crippen LogP contribution in [0.15, 0.2) is 30.3 Å². The molecule has 0 aromatic heterocycles. The molecule has 1 fully saturated rings. The van der Waals surface area contributed by atoms with E-state index in [4.69, 9.17) is 0 Å². The summed E-state index contributed by atoms with van der Waals surface area (Å²) in [6.07, 6.45) is 5.72. The van der Waals surface area contributed by atoms with E-state index in [9.17, 15) is 0 Å². The summed E-state index contributed by atoms with van der Waals surface area (Å²) in [6, 6.07) is 11.5. The van der Waals surface area contributed by atoms with Crippen LogP contribution in [-0.2, 0) is 0 Å². The van der Waals surface area contributed by atoms with Gasteiger partial charge in [0.05, 0.1) is 0 Å². The van der Waals surface area contributed by atoms with Crippen molar-refractivity contribution in [1.82, 2.24) is 5.32 Å². The lowest BCUT2D eigenvalue weighted by Gasteiger charge is -2.22. The molecule has 2 unspecified atom stereocenters. The van der Waals surface area contributed by atoms with E-state index in [-0.39, 0.29) is 0 Å². The second kappa shape index (κ2) is 6.20. The third-order valence-corrected chi connectivity index (χ3v) is 4.22. The lowest BCUT2D eigenvalue weighted by molar-refractivity contribution is 0.375. The van der Waals surface area contributed by atoms with Crippen molar-refractivity contribution in [1.29, 1.82) is 0 Å². The van der Waals surface area contributed by atoms with Gasteiger partial charge in [-0.1, -0.05) is 50.1 Å². The van der Waals surface area contributed by atoms with E-state index >= 15 is 0 Å². The zero-order valence-electron chi connectivity index (χ0n) is 11.2. The van der Waals surface area contributed by atoms with Crippen LogP contribution in [0.2, 0.25) is 0 Å². The fourth-order valence-corrected chi connectivity index (χ4v) is 2.89. The third kappa shape index (κ3) is 3.57. The molecule has 2 atom stereocenters. The largest absolute Gasteiger partial charge is 0.313 e. The average Bonchev–Trinajstić information content (AvgIpc) is 2.90. The Hall–Kier alpha value is -0.820. The predicted molar refractivity (Wildman–Crippen MR) is 74.3 cm³/mol. The molecule has 1 heteroatoms. The van der Waals surface area contributed by atoms with Crippen molar-refractivity contribution in [3.63, 3.8) is 0 Å². The monoisotopic (exact) mass is 231 g/mol. The molecule has 2 rings (SSSR count). The number of nitrogens with one attached hydrogen (secondary N) is 1. The van der Waals surface area contributed by atoms with Crippen LogP contribution < -0.4 is 5.32 Å². The average molecular weight is 231 g/mol. The minimum atomic E-state index is 0.611. The van der Waals surface area contributed by atoms with Crippen molar-refractivity contribution in [2.75, 3.05) is 6.54 Å². The van der Waals surface area contributed by atoms with Crippen LogP contribution in [-0.4, -0.2) is 12.6 Å². The molecule has 0 saturated heterocycles. The topological polar surface area (TPSA) is 12.0 Å². The molecule has 1 nitrogen and oxygen atoms in total. The van der Waals surface area contributed by atoms with Gasteiger partial charge in [0.2, 0.25) is 0 Å². The molecule has 1 aromatic carbocycles. The summed E-state index contributed by atoms with van der Waals surface area (Å²) in [5.41, 5.74) is 1.44. The first-order valence-corrected chi connectivity index (χ1v) is 7.05. The second-order valence-corrected chi connectivity index (χ2v) is 5.55. The van der Waals surface area contributed by atoms with E-state index < -0.39 is 0 Å². The number of hydrogen-bond acceptors (Lipinski definition) is 1. The van der Waals surface area contributed by atoms with Crippen molar-refractivity contribution >= 4 is 0 Å². The van der Waals surface area contributed by atoms with Crippen LogP contribution >= 0.6 is 0 Å². The number of rotatable bonds is 5. The van der Waals surface area contributed by atoms with E-state index in [0.717, 1.165) is 12.5 Å². The van der Waals surface area contributed by atoms with Gasteiger partial charge in [-0.2, -0.15) is 0 Å². The van der Waals surface area contributed by atoms with Gasteiger partial charge in [0.1, 0.15) is 0 Å². The van der Waals surface area contributed by atoms with Crippen LogP contribution in [0.4, 0.5) is 0 Å². The predicted octanol–water partition coefficient (Wildman–Crippen LogP) is 3.96. The first kappa shape index (κ1) is 12.6. The summed E-state index contributed by atoms with van der Waals surface area (Å²) in [4.78, 5) is 0. The van der Waals surface area contributed by atoms with Gasteiger partial charge >= 0.3 is 0 Å². The first-order valence-electron chi connectivity index (χ1n) is 7.05. The van der Waals surface area contributed by atoms with Gasteiger partial charge < -0.3 is 5.32 Å². The van der Waals surface area contributed by atoms with E-state index in [1.54, 1.807) is 0 Å². The van der Waals surface area contributed by atoms with Gasteiger partial charge in [-0.05, 0) is 37.2 Å². The first-order chi connectivity index (χ1) is 8.27. The standard InChI is InChI=1S/C16H25N/c1-13(15-8-4-3-5-9-15)12-17-14(2)16-10-6-7-11-16/h3-5,8-9,13-14,16-17H,6-7,10-12H2,1-2H3. The lowest BCUT2D eigenvalue weighted by Crippen LogP contribution is -2.34. The number of hydrogen-bond donors (Lipinski definition) is 1. The highest BCUT2D eigenvalue weighted by Gasteiger charge is 2.21. The molecule has 0 radical (unpaired) electrons. The molecule has 0 aliphatic heterocycles. The zero-order chi connectivity index (χ0) is 12.1. The van der Waals surface area contributed by atoms with Gasteiger partial charge in [0.25, 0.3) is 0 Å². The second-order valence-electron chi connectivity index (χ2n) is 5.55. The SMILES string of the molecule is CC(CNC(C)C1CCCC1)c1ccccc1. The van der Waals surface area contributed by atoms with Crippen LogP contribution in [0.25, 0.3) is 0 Å². The maximum Gasteiger partial charge on any atom is 0.00672 e. The van der Waals surface area contributed by atoms with Crippen molar-refractivity contribution in [3.8, 4) is 0 Å².